The Hall–Kier alpha value is -0.900. The lowest BCUT2D eigenvalue weighted by Crippen LogP contribution is -2.62. The van der Waals surface area contributed by atoms with Gasteiger partial charge in [0.2, 0.25) is 0 Å². The van der Waals surface area contributed by atoms with Crippen molar-refractivity contribution < 1.29 is 14.7 Å². The monoisotopic (exact) mass is 267 g/mol. The van der Waals surface area contributed by atoms with Gasteiger partial charge in [-0.05, 0) is 38.1 Å². The zero-order chi connectivity index (χ0) is 14.0. The number of likely N-dealkylation sites (tertiary alicyclic amines) is 1. The molecule has 2 fully saturated rings. The van der Waals surface area contributed by atoms with E-state index in [-0.39, 0.29) is 17.4 Å². The van der Waals surface area contributed by atoms with E-state index in [2.05, 4.69) is 18.7 Å². The summed E-state index contributed by atoms with van der Waals surface area (Å²) in [7, 11) is 0. The molecule has 2 rings (SSSR count). The third-order valence-electron chi connectivity index (χ3n) is 5.17. The number of carboxylic acid groups (broad SMARTS) is 1. The van der Waals surface area contributed by atoms with Crippen molar-refractivity contribution in [3.05, 3.63) is 0 Å². The third-order valence-corrected chi connectivity index (χ3v) is 5.17. The fourth-order valence-corrected chi connectivity index (χ4v) is 4.16. The molecule has 1 saturated heterocycles. The van der Waals surface area contributed by atoms with E-state index >= 15 is 0 Å². The molecule has 1 heterocycles. The van der Waals surface area contributed by atoms with Crippen LogP contribution in [0.4, 0.5) is 0 Å². The van der Waals surface area contributed by atoms with Crippen LogP contribution in [0.3, 0.4) is 0 Å². The SMILES string of the molecule is CCCN1C[C@H](C(=O)O)C[C@H]2CC(=O)CC[C@@]21CC. The highest BCUT2D eigenvalue weighted by molar-refractivity contribution is 5.80. The van der Waals surface area contributed by atoms with Crippen molar-refractivity contribution in [2.75, 3.05) is 13.1 Å². The van der Waals surface area contributed by atoms with Crippen LogP contribution in [0.2, 0.25) is 0 Å². The Balaban J connectivity index is 2.27. The molecule has 4 nitrogen and oxygen atoms in total. The number of hydrogen-bond donors (Lipinski definition) is 1. The number of Topliss-reactive ketones (excluding diaryl/α,β-unsaturated/α-hetero) is 1. The number of carbonyl (C=O) groups excluding carboxylic acids is 1. The molecule has 19 heavy (non-hydrogen) atoms. The molecule has 0 unspecified atom stereocenters. The number of rotatable bonds is 4. The van der Waals surface area contributed by atoms with Crippen LogP contribution < -0.4 is 0 Å². The van der Waals surface area contributed by atoms with Crippen LogP contribution >= 0.6 is 0 Å². The van der Waals surface area contributed by atoms with Crippen molar-refractivity contribution in [2.45, 2.75) is 57.9 Å². The number of piperidine rings is 1. The molecule has 3 atom stereocenters. The largest absolute Gasteiger partial charge is 0.481 e. The summed E-state index contributed by atoms with van der Waals surface area (Å²) in [4.78, 5) is 25.5. The molecule has 0 aromatic heterocycles. The number of fused-ring (bicyclic) bond motifs is 1. The Morgan fingerprint density at radius 1 is 1.47 bits per heavy atom. The Labute approximate surface area is 115 Å². The molecule has 0 aromatic rings. The van der Waals surface area contributed by atoms with Gasteiger partial charge < -0.3 is 5.11 Å². The van der Waals surface area contributed by atoms with E-state index in [9.17, 15) is 14.7 Å². The van der Waals surface area contributed by atoms with Crippen LogP contribution in [0.5, 0.6) is 0 Å². The van der Waals surface area contributed by atoms with Crippen molar-refractivity contribution in [3.63, 3.8) is 0 Å². The fourth-order valence-electron chi connectivity index (χ4n) is 4.16. The standard InChI is InChI=1S/C15H25NO3/c1-3-7-16-10-11(14(18)19)8-12-9-13(17)5-6-15(12,16)4-2/h11-12H,3-10H2,1-2H3,(H,18,19)/t11-,12+,15+/m1/s1. The number of hydrogen-bond acceptors (Lipinski definition) is 3. The maximum atomic E-state index is 11.8. The van der Waals surface area contributed by atoms with Crippen LogP contribution in [-0.4, -0.2) is 40.4 Å². The molecule has 4 heteroatoms. The van der Waals surface area contributed by atoms with Gasteiger partial charge in [0.25, 0.3) is 0 Å². The quantitative estimate of drug-likeness (QED) is 0.849. The maximum Gasteiger partial charge on any atom is 0.307 e. The molecule has 0 spiro atoms. The van der Waals surface area contributed by atoms with Gasteiger partial charge in [-0.3, -0.25) is 14.5 Å². The molecule has 1 saturated carbocycles. The minimum Gasteiger partial charge on any atom is -0.481 e. The summed E-state index contributed by atoms with van der Waals surface area (Å²) in [6, 6.07) is 0. The fraction of sp³-hybridized carbons (Fsp3) is 0.867. The molecule has 0 amide bonds. The summed E-state index contributed by atoms with van der Waals surface area (Å²) < 4.78 is 0. The first kappa shape index (κ1) is 14.5. The maximum absolute atomic E-state index is 11.8. The molecule has 1 N–H and O–H groups in total. The van der Waals surface area contributed by atoms with Crippen LogP contribution in [0.15, 0.2) is 0 Å². The van der Waals surface area contributed by atoms with Gasteiger partial charge in [0.05, 0.1) is 5.92 Å². The van der Waals surface area contributed by atoms with Gasteiger partial charge in [0.15, 0.2) is 0 Å². The molecule has 1 aliphatic heterocycles. The van der Waals surface area contributed by atoms with Crippen molar-refractivity contribution in [2.24, 2.45) is 11.8 Å². The predicted octanol–water partition coefficient (Wildman–Crippen LogP) is 2.32. The van der Waals surface area contributed by atoms with Crippen LogP contribution in [0, 0.1) is 11.8 Å². The lowest BCUT2D eigenvalue weighted by atomic mass is 9.64. The highest BCUT2D eigenvalue weighted by atomic mass is 16.4. The number of aliphatic carboxylic acids is 1. The molecule has 1 aliphatic carbocycles. The van der Waals surface area contributed by atoms with Gasteiger partial charge in [-0.25, -0.2) is 0 Å². The highest BCUT2D eigenvalue weighted by Crippen LogP contribution is 2.46. The zero-order valence-corrected chi connectivity index (χ0v) is 12.0. The average Bonchev–Trinajstić information content (AvgIpc) is 2.38. The topological polar surface area (TPSA) is 57.6 Å². The summed E-state index contributed by atoms with van der Waals surface area (Å²) in [5.74, 6) is -0.456. The van der Waals surface area contributed by atoms with Gasteiger partial charge in [-0.15, -0.1) is 0 Å². The van der Waals surface area contributed by atoms with Crippen molar-refractivity contribution >= 4 is 11.8 Å². The van der Waals surface area contributed by atoms with Gasteiger partial charge in [0, 0.05) is 24.9 Å². The van der Waals surface area contributed by atoms with E-state index in [1.54, 1.807) is 0 Å². The minimum atomic E-state index is -0.705. The minimum absolute atomic E-state index is 0.0792. The lowest BCUT2D eigenvalue weighted by molar-refractivity contribution is -0.152. The summed E-state index contributed by atoms with van der Waals surface area (Å²) >= 11 is 0. The zero-order valence-electron chi connectivity index (χ0n) is 12.0. The second-order valence-electron chi connectivity index (χ2n) is 6.11. The Morgan fingerprint density at radius 2 is 2.21 bits per heavy atom. The first-order chi connectivity index (χ1) is 9.03. The third kappa shape index (κ3) is 2.55. The lowest BCUT2D eigenvalue weighted by Gasteiger charge is -2.55. The van der Waals surface area contributed by atoms with E-state index in [0.29, 0.717) is 31.6 Å². The first-order valence-electron chi connectivity index (χ1n) is 7.53. The summed E-state index contributed by atoms with van der Waals surface area (Å²) in [6.45, 7) is 5.92. The van der Waals surface area contributed by atoms with Crippen LogP contribution in [0.1, 0.15) is 52.4 Å². The number of nitrogens with zero attached hydrogens (tertiary/aromatic N) is 1. The van der Waals surface area contributed by atoms with Crippen molar-refractivity contribution in [1.29, 1.82) is 0 Å². The van der Waals surface area contributed by atoms with Gasteiger partial charge in [-0.2, -0.15) is 0 Å². The second kappa shape index (κ2) is 5.61. The molecule has 108 valence electrons. The molecular formula is C15H25NO3. The van der Waals surface area contributed by atoms with E-state index < -0.39 is 5.97 Å². The Morgan fingerprint density at radius 3 is 2.79 bits per heavy atom. The molecule has 0 aromatic carbocycles. The smallest absolute Gasteiger partial charge is 0.307 e. The molecule has 0 radical (unpaired) electrons. The predicted molar refractivity (Wildman–Crippen MR) is 73.0 cm³/mol. The molecule has 0 bridgehead atoms. The van der Waals surface area contributed by atoms with Crippen molar-refractivity contribution in [1.82, 2.24) is 4.90 Å². The highest BCUT2D eigenvalue weighted by Gasteiger charge is 2.50. The van der Waals surface area contributed by atoms with Crippen molar-refractivity contribution in [3.8, 4) is 0 Å². The number of ketones is 1. The summed E-state index contributed by atoms with van der Waals surface area (Å²) in [5, 5.41) is 9.33. The van der Waals surface area contributed by atoms with E-state index in [4.69, 9.17) is 0 Å². The van der Waals surface area contributed by atoms with Crippen LogP contribution in [-0.2, 0) is 9.59 Å². The Bertz CT molecular complexity index is 368. The number of carbonyl (C=O) groups is 2. The first-order valence-corrected chi connectivity index (χ1v) is 7.53. The average molecular weight is 267 g/mol. The number of carboxylic acids is 1. The van der Waals surface area contributed by atoms with E-state index in [1.165, 1.54) is 0 Å². The van der Waals surface area contributed by atoms with E-state index in [1.807, 2.05) is 0 Å². The van der Waals surface area contributed by atoms with Gasteiger partial charge in [-0.1, -0.05) is 13.8 Å². The molecular weight excluding hydrogens is 242 g/mol. The van der Waals surface area contributed by atoms with Gasteiger partial charge >= 0.3 is 5.97 Å². The molecule has 2 aliphatic rings. The van der Waals surface area contributed by atoms with Gasteiger partial charge in [0.1, 0.15) is 5.78 Å². The normalized spacial score (nSPS) is 36.0. The van der Waals surface area contributed by atoms with E-state index in [0.717, 1.165) is 25.8 Å². The summed E-state index contributed by atoms with van der Waals surface area (Å²) in [5.41, 5.74) is 0.0792. The Kier molecular flexibility index (Phi) is 4.29. The summed E-state index contributed by atoms with van der Waals surface area (Å²) in [6.07, 6.45) is 4.90. The van der Waals surface area contributed by atoms with Crippen LogP contribution in [0.25, 0.3) is 0 Å². The second-order valence-corrected chi connectivity index (χ2v) is 6.11.